The van der Waals surface area contributed by atoms with E-state index >= 15 is 0 Å². The minimum atomic E-state index is 0.404. The zero-order chi connectivity index (χ0) is 6.91. The van der Waals surface area contributed by atoms with Crippen LogP contribution in [0.5, 0.6) is 0 Å². The molecule has 0 aliphatic carbocycles. The molecule has 0 bridgehead atoms. The van der Waals surface area contributed by atoms with E-state index in [1.54, 1.807) is 4.91 Å². The fourth-order valence-electron chi connectivity index (χ4n) is 0.941. The zero-order valence-electron chi connectivity index (χ0n) is 6.40. The van der Waals surface area contributed by atoms with E-state index < -0.39 is 0 Å². The summed E-state index contributed by atoms with van der Waals surface area (Å²) in [5.74, 6) is 1.30. The summed E-state index contributed by atoms with van der Waals surface area (Å²) in [6, 6.07) is 0. The van der Waals surface area contributed by atoms with E-state index in [2.05, 4.69) is 26.8 Å². The molecule has 1 heterocycles. The van der Waals surface area contributed by atoms with Gasteiger partial charge in [0.2, 0.25) is 0 Å². The molecule has 1 rings (SSSR count). The van der Waals surface area contributed by atoms with E-state index in [1.165, 1.54) is 12.2 Å². The largest absolute Gasteiger partial charge is 0.130 e. The van der Waals surface area contributed by atoms with Crippen LogP contribution in [0.2, 0.25) is 0 Å². The highest BCUT2D eigenvalue weighted by atomic mass is 32.2. The summed E-state index contributed by atoms with van der Waals surface area (Å²) in [7, 11) is 0. The quantitative estimate of drug-likeness (QED) is 0.501. The van der Waals surface area contributed by atoms with Gasteiger partial charge in [-0.05, 0) is 16.7 Å². The second-order valence-corrected chi connectivity index (χ2v) is 4.59. The molecule has 1 aliphatic rings. The molecule has 1 heteroatoms. The third kappa shape index (κ3) is 1.75. The Bertz CT molecular complexity index is 128. The SMILES string of the molecule is CC(C)(C)C1=CCCS1. The van der Waals surface area contributed by atoms with E-state index in [-0.39, 0.29) is 0 Å². The van der Waals surface area contributed by atoms with Crippen molar-refractivity contribution < 1.29 is 0 Å². The Balaban J connectivity index is 2.61. The third-order valence-corrected chi connectivity index (χ3v) is 2.97. The highest BCUT2D eigenvalue weighted by molar-refractivity contribution is 8.03. The first-order valence-electron chi connectivity index (χ1n) is 3.44. The second-order valence-electron chi connectivity index (χ2n) is 3.46. The lowest BCUT2D eigenvalue weighted by Crippen LogP contribution is -2.04. The first-order valence-corrected chi connectivity index (χ1v) is 4.43. The summed E-state index contributed by atoms with van der Waals surface area (Å²) in [4.78, 5) is 1.57. The molecular formula is C8H14S. The molecule has 0 spiro atoms. The first-order chi connectivity index (χ1) is 4.11. The molecule has 0 amide bonds. The average Bonchev–Trinajstić information content (AvgIpc) is 2.08. The smallest absolute Gasteiger partial charge is 0.00119 e. The van der Waals surface area contributed by atoms with Crippen molar-refractivity contribution in [2.45, 2.75) is 27.2 Å². The van der Waals surface area contributed by atoms with Gasteiger partial charge in [-0.2, -0.15) is 0 Å². The maximum absolute atomic E-state index is 2.37. The summed E-state index contributed by atoms with van der Waals surface area (Å²) in [6.45, 7) is 6.82. The maximum atomic E-state index is 2.37. The summed E-state index contributed by atoms with van der Waals surface area (Å²) in [5.41, 5.74) is 0.404. The molecule has 0 unspecified atom stereocenters. The monoisotopic (exact) mass is 142 g/mol. The number of hydrogen-bond donors (Lipinski definition) is 0. The number of hydrogen-bond acceptors (Lipinski definition) is 1. The van der Waals surface area contributed by atoms with Crippen LogP contribution in [0, 0.1) is 5.41 Å². The van der Waals surface area contributed by atoms with Gasteiger partial charge in [-0.3, -0.25) is 0 Å². The van der Waals surface area contributed by atoms with Crippen molar-refractivity contribution in [1.82, 2.24) is 0 Å². The van der Waals surface area contributed by atoms with Crippen LogP contribution in [0.25, 0.3) is 0 Å². The number of rotatable bonds is 0. The molecule has 0 radical (unpaired) electrons. The van der Waals surface area contributed by atoms with Gasteiger partial charge < -0.3 is 0 Å². The summed E-state index contributed by atoms with van der Waals surface area (Å²) < 4.78 is 0. The fourth-order valence-corrected chi connectivity index (χ4v) is 2.06. The van der Waals surface area contributed by atoms with Crippen LogP contribution in [0.4, 0.5) is 0 Å². The predicted octanol–water partition coefficient (Wildman–Crippen LogP) is 3.05. The van der Waals surface area contributed by atoms with E-state index in [9.17, 15) is 0 Å². The molecule has 0 saturated heterocycles. The Morgan fingerprint density at radius 1 is 1.44 bits per heavy atom. The Morgan fingerprint density at radius 3 is 2.33 bits per heavy atom. The zero-order valence-corrected chi connectivity index (χ0v) is 7.22. The van der Waals surface area contributed by atoms with Gasteiger partial charge in [0, 0.05) is 5.75 Å². The molecule has 1 aliphatic heterocycles. The van der Waals surface area contributed by atoms with E-state index in [0.29, 0.717) is 5.41 Å². The minimum absolute atomic E-state index is 0.404. The highest BCUT2D eigenvalue weighted by Crippen LogP contribution is 2.38. The molecule has 9 heavy (non-hydrogen) atoms. The van der Waals surface area contributed by atoms with Crippen molar-refractivity contribution in [3.8, 4) is 0 Å². The molecule has 0 saturated carbocycles. The van der Waals surface area contributed by atoms with Gasteiger partial charge in [0.05, 0.1) is 0 Å². The Labute approximate surface area is 61.7 Å². The van der Waals surface area contributed by atoms with Gasteiger partial charge in [-0.25, -0.2) is 0 Å². The summed E-state index contributed by atoms with van der Waals surface area (Å²) in [5, 5.41) is 0. The molecule has 0 aromatic heterocycles. The van der Waals surface area contributed by atoms with E-state index in [4.69, 9.17) is 0 Å². The molecule has 0 fully saturated rings. The van der Waals surface area contributed by atoms with Gasteiger partial charge in [0.15, 0.2) is 0 Å². The normalized spacial score (nSPS) is 20.1. The van der Waals surface area contributed by atoms with Crippen LogP contribution in [0.3, 0.4) is 0 Å². The van der Waals surface area contributed by atoms with Gasteiger partial charge in [-0.15, -0.1) is 11.8 Å². The molecule has 0 aromatic rings. The molecule has 0 atom stereocenters. The lowest BCUT2D eigenvalue weighted by atomic mass is 9.96. The average molecular weight is 142 g/mol. The number of allylic oxidation sites excluding steroid dienone is 2. The van der Waals surface area contributed by atoms with Crippen molar-refractivity contribution in [2.24, 2.45) is 5.41 Å². The third-order valence-electron chi connectivity index (χ3n) is 1.44. The molecule has 0 aromatic carbocycles. The number of thioether (sulfide) groups is 1. The van der Waals surface area contributed by atoms with Gasteiger partial charge in [0.1, 0.15) is 0 Å². The van der Waals surface area contributed by atoms with E-state index in [0.717, 1.165) is 0 Å². The minimum Gasteiger partial charge on any atom is -0.130 e. The van der Waals surface area contributed by atoms with Crippen LogP contribution in [-0.4, -0.2) is 5.75 Å². The maximum Gasteiger partial charge on any atom is 0.00119 e. The topological polar surface area (TPSA) is 0 Å². The van der Waals surface area contributed by atoms with Gasteiger partial charge >= 0.3 is 0 Å². The predicted molar refractivity (Wildman–Crippen MR) is 44.6 cm³/mol. The fraction of sp³-hybridized carbons (Fsp3) is 0.750. The standard InChI is InChI=1S/C8H14S/c1-8(2,3)7-5-4-6-9-7/h5H,4,6H2,1-3H3. The van der Waals surface area contributed by atoms with E-state index in [1.807, 2.05) is 11.8 Å². The summed E-state index contributed by atoms with van der Waals surface area (Å²) >= 11 is 2.01. The Hall–Kier alpha value is 0.0900. The molecule has 0 N–H and O–H groups in total. The molecule has 0 nitrogen and oxygen atoms in total. The van der Waals surface area contributed by atoms with Crippen molar-refractivity contribution in [1.29, 1.82) is 0 Å². The van der Waals surface area contributed by atoms with Crippen molar-refractivity contribution in [3.05, 3.63) is 11.0 Å². The Kier molecular flexibility index (Phi) is 1.90. The van der Waals surface area contributed by atoms with Crippen LogP contribution in [0.15, 0.2) is 11.0 Å². The van der Waals surface area contributed by atoms with Crippen molar-refractivity contribution in [3.63, 3.8) is 0 Å². The lowest BCUT2D eigenvalue weighted by Gasteiger charge is -2.18. The van der Waals surface area contributed by atoms with Crippen molar-refractivity contribution >= 4 is 11.8 Å². The second kappa shape index (κ2) is 2.37. The van der Waals surface area contributed by atoms with Crippen molar-refractivity contribution in [2.75, 3.05) is 5.75 Å². The molecular weight excluding hydrogens is 128 g/mol. The first kappa shape index (κ1) is 7.20. The van der Waals surface area contributed by atoms with Crippen LogP contribution in [-0.2, 0) is 0 Å². The van der Waals surface area contributed by atoms with Crippen LogP contribution >= 0.6 is 11.8 Å². The van der Waals surface area contributed by atoms with Crippen LogP contribution < -0.4 is 0 Å². The van der Waals surface area contributed by atoms with Gasteiger partial charge in [-0.1, -0.05) is 26.8 Å². The summed E-state index contributed by atoms with van der Waals surface area (Å²) in [6.07, 6.45) is 3.64. The Morgan fingerprint density at radius 2 is 2.11 bits per heavy atom. The molecule has 52 valence electrons. The lowest BCUT2D eigenvalue weighted by molar-refractivity contribution is 0.533. The highest BCUT2D eigenvalue weighted by Gasteiger charge is 2.19. The van der Waals surface area contributed by atoms with Crippen LogP contribution in [0.1, 0.15) is 27.2 Å². The van der Waals surface area contributed by atoms with Gasteiger partial charge in [0.25, 0.3) is 0 Å².